The van der Waals surface area contributed by atoms with E-state index in [2.05, 4.69) is 11.9 Å². The number of nitrogens with one attached hydrogen (secondary N) is 1. The minimum Gasteiger partial charge on any atom is -0.497 e. The molecule has 114 valence electrons. The predicted octanol–water partition coefficient (Wildman–Crippen LogP) is 0.726. The smallest absolute Gasteiger partial charge is 0.173 e. The number of Topliss-reactive ketones (excluding diaryl/α,β-unsaturated/α-hetero) is 1. The van der Waals surface area contributed by atoms with Crippen molar-refractivity contribution < 1.29 is 14.4 Å². The zero-order chi connectivity index (χ0) is 15.2. The molecule has 1 saturated heterocycles. The van der Waals surface area contributed by atoms with Crippen molar-refractivity contribution >= 4 is 34.1 Å². The third-order valence-corrected chi connectivity index (χ3v) is 5.14. The largest absolute Gasteiger partial charge is 0.497 e. The molecule has 1 aromatic carbocycles. The summed E-state index contributed by atoms with van der Waals surface area (Å²) in [5.74, 6) is 1.25. The van der Waals surface area contributed by atoms with Crippen molar-refractivity contribution in [3.05, 3.63) is 29.8 Å². The highest BCUT2D eigenvalue weighted by atomic mass is 32.2. The van der Waals surface area contributed by atoms with Crippen LogP contribution in [0, 0.1) is 0 Å². The quantitative estimate of drug-likeness (QED) is 0.652. The van der Waals surface area contributed by atoms with Crippen molar-refractivity contribution in [3.63, 3.8) is 0 Å². The summed E-state index contributed by atoms with van der Waals surface area (Å²) >= 11 is 6.89. The van der Waals surface area contributed by atoms with Crippen LogP contribution in [0.1, 0.15) is 10.4 Å². The van der Waals surface area contributed by atoms with E-state index in [-0.39, 0.29) is 5.78 Å². The standard InChI is InChI=1S/C15H20N2O2S2/c1-16-7-9-17(10-8-16)15(20)21-11-14(18)12-3-5-13(19-2)6-4-12/h3-6H,7-11H2,1-2H3/p+1. The van der Waals surface area contributed by atoms with Crippen molar-refractivity contribution in [1.82, 2.24) is 4.90 Å². The lowest BCUT2D eigenvalue weighted by Crippen LogP contribution is -3.12. The molecule has 0 aliphatic carbocycles. The molecule has 0 radical (unpaired) electrons. The lowest BCUT2D eigenvalue weighted by molar-refractivity contribution is -0.883. The Labute approximate surface area is 135 Å². The predicted molar refractivity (Wildman–Crippen MR) is 90.6 cm³/mol. The first-order valence-corrected chi connectivity index (χ1v) is 8.40. The molecule has 1 heterocycles. The van der Waals surface area contributed by atoms with Crippen LogP contribution in [-0.2, 0) is 0 Å². The Hall–Kier alpha value is -1.11. The summed E-state index contributed by atoms with van der Waals surface area (Å²) in [6.07, 6.45) is 0. The Kier molecular flexibility index (Phi) is 6.02. The fourth-order valence-corrected chi connectivity index (χ4v) is 3.30. The molecule has 1 aliphatic rings. The van der Waals surface area contributed by atoms with Gasteiger partial charge in [0.25, 0.3) is 0 Å². The summed E-state index contributed by atoms with van der Waals surface area (Å²) in [6.45, 7) is 4.17. The molecule has 2 rings (SSSR count). The number of nitrogens with zero attached hydrogens (tertiary/aromatic N) is 1. The van der Waals surface area contributed by atoms with E-state index in [1.807, 2.05) is 0 Å². The molecule has 1 aromatic rings. The van der Waals surface area contributed by atoms with E-state index in [0.29, 0.717) is 11.3 Å². The molecule has 0 atom stereocenters. The maximum absolute atomic E-state index is 12.1. The number of carbonyl (C=O) groups is 1. The molecule has 1 aliphatic heterocycles. The number of hydrogen-bond donors (Lipinski definition) is 1. The first kappa shape index (κ1) is 16.3. The number of rotatable bonds is 4. The number of likely N-dealkylation sites (N-methyl/N-ethyl adjacent to an activating group) is 1. The molecule has 0 bridgehead atoms. The van der Waals surface area contributed by atoms with Gasteiger partial charge in [0.15, 0.2) is 5.78 Å². The normalized spacial score (nSPS) is 15.8. The number of methoxy groups -OCH3 is 1. The lowest BCUT2D eigenvalue weighted by Gasteiger charge is -2.31. The highest BCUT2D eigenvalue weighted by Crippen LogP contribution is 2.15. The lowest BCUT2D eigenvalue weighted by atomic mass is 10.1. The zero-order valence-corrected chi connectivity index (χ0v) is 14.1. The molecule has 0 amide bonds. The maximum atomic E-state index is 12.1. The number of thiocarbonyl (C=S) groups is 1. The molecule has 4 nitrogen and oxygen atoms in total. The molecule has 0 unspecified atom stereocenters. The van der Waals surface area contributed by atoms with Gasteiger partial charge in [-0.2, -0.15) is 0 Å². The van der Waals surface area contributed by atoms with Gasteiger partial charge >= 0.3 is 0 Å². The highest BCUT2D eigenvalue weighted by Gasteiger charge is 2.19. The number of carbonyl (C=O) groups excluding carboxylic acids is 1. The van der Waals surface area contributed by atoms with Gasteiger partial charge in [-0.25, -0.2) is 0 Å². The second kappa shape index (κ2) is 7.77. The van der Waals surface area contributed by atoms with Gasteiger partial charge < -0.3 is 14.5 Å². The molecular formula is C15H21N2O2S2+. The second-order valence-corrected chi connectivity index (χ2v) is 6.76. The Morgan fingerprint density at radius 3 is 2.52 bits per heavy atom. The summed E-state index contributed by atoms with van der Waals surface area (Å²) in [6, 6.07) is 7.20. The van der Waals surface area contributed by atoms with Gasteiger partial charge in [0, 0.05) is 5.56 Å². The van der Waals surface area contributed by atoms with Gasteiger partial charge in [-0.05, 0) is 24.3 Å². The van der Waals surface area contributed by atoms with Crippen LogP contribution in [0.3, 0.4) is 0 Å². The minimum atomic E-state index is 0.102. The van der Waals surface area contributed by atoms with Gasteiger partial charge in [0.05, 0.1) is 46.1 Å². The zero-order valence-electron chi connectivity index (χ0n) is 12.4. The van der Waals surface area contributed by atoms with Crippen molar-refractivity contribution in [3.8, 4) is 5.75 Å². The summed E-state index contributed by atoms with van der Waals surface area (Å²) in [5, 5.41) is 0. The van der Waals surface area contributed by atoms with E-state index in [9.17, 15) is 4.79 Å². The van der Waals surface area contributed by atoms with Crippen LogP contribution in [0.4, 0.5) is 0 Å². The van der Waals surface area contributed by atoms with Crippen LogP contribution in [0.2, 0.25) is 0 Å². The molecule has 21 heavy (non-hydrogen) atoms. The monoisotopic (exact) mass is 325 g/mol. The van der Waals surface area contributed by atoms with Crippen LogP contribution in [-0.4, -0.2) is 61.1 Å². The molecule has 0 aromatic heterocycles. The van der Waals surface area contributed by atoms with E-state index in [1.165, 1.54) is 16.7 Å². The van der Waals surface area contributed by atoms with Crippen LogP contribution >= 0.6 is 24.0 Å². The molecule has 0 spiro atoms. The van der Waals surface area contributed by atoms with Gasteiger partial charge in [0.2, 0.25) is 0 Å². The average molecular weight is 325 g/mol. The van der Waals surface area contributed by atoms with Crippen molar-refractivity contribution in [1.29, 1.82) is 0 Å². The fourth-order valence-electron chi connectivity index (χ4n) is 2.15. The van der Waals surface area contributed by atoms with Crippen LogP contribution in [0.5, 0.6) is 5.75 Å². The second-order valence-electron chi connectivity index (χ2n) is 5.15. The van der Waals surface area contributed by atoms with Gasteiger partial charge in [0.1, 0.15) is 10.1 Å². The number of ether oxygens (including phenoxy) is 1. The van der Waals surface area contributed by atoms with Crippen molar-refractivity contribution in [2.24, 2.45) is 0 Å². The van der Waals surface area contributed by atoms with E-state index in [0.717, 1.165) is 36.2 Å². The number of quaternary nitrogens is 1. The number of thioether (sulfide) groups is 1. The van der Waals surface area contributed by atoms with Crippen molar-refractivity contribution in [2.75, 3.05) is 46.1 Å². The fraction of sp³-hybridized carbons (Fsp3) is 0.467. The highest BCUT2D eigenvalue weighted by molar-refractivity contribution is 8.23. The summed E-state index contributed by atoms with van der Waals surface area (Å²) < 4.78 is 5.93. The maximum Gasteiger partial charge on any atom is 0.173 e. The minimum absolute atomic E-state index is 0.102. The Morgan fingerprint density at radius 2 is 1.95 bits per heavy atom. The summed E-state index contributed by atoms with van der Waals surface area (Å²) in [5.41, 5.74) is 0.703. The van der Waals surface area contributed by atoms with Crippen LogP contribution < -0.4 is 9.64 Å². The summed E-state index contributed by atoms with van der Waals surface area (Å²) in [7, 11) is 3.81. The SMILES string of the molecule is COc1ccc(C(=O)CSC(=S)N2CC[NH+](C)CC2)cc1. The van der Waals surface area contributed by atoms with E-state index in [4.69, 9.17) is 17.0 Å². The Morgan fingerprint density at radius 1 is 1.33 bits per heavy atom. The topological polar surface area (TPSA) is 34.0 Å². The molecule has 1 N–H and O–H groups in total. The van der Waals surface area contributed by atoms with Crippen LogP contribution in [0.15, 0.2) is 24.3 Å². The number of ketones is 1. The number of hydrogen-bond acceptors (Lipinski definition) is 4. The van der Waals surface area contributed by atoms with Crippen LogP contribution in [0.25, 0.3) is 0 Å². The number of benzene rings is 1. The molecule has 0 saturated carbocycles. The Balaban J connectivity index is 1.81. The average Bonchev–Trinajstić information content (AvgIpc) is 2.53. The third kappa shape index (κ3) is 4.69. The van der Waals surface area contributed by atoms with Gasteiger partial charge in [-0.3, -0.25) is 4.79 Å². The molecule has 1 fully saturated rings. The van der Waals surface area contributed by atoms with E-state index < -0.39 is 0 Å². The van der Waals surface area contributed by atoms with Gasteiger partial charge in [-0.1, -0.05) is 24.0 Å². The first-order valence-electron chi connectivity index (χ1n) is 7.00. The molecule has 6 heteroatoms. The molecular weight excluding hydrogens is 304 g/mol. The first-order chi connectivity index (χ1) is 10.1. The Bertz CT molecular complexity index is 497. The third-order valence-electron chi connectivity index (χ3n) is 3.61. The number of piperazine rings is 1. The summed E-state index contributed by atoms with van der Waals surface area (Å²) in [4.78, 5) is 15.9. The van der Waals surface area contributed by atoms with Gasteiger partial charge in [-0.15, -0.1) is 0 Å². The van der Waals surface area contributed by atoms with E-state index in [1.54, 1.807) is 31.4 Å². The van der Waals surface area contributed by atoms with E-state index >= 15 is 0 Å². The van der Waals surface area contributed by atoms with Crippen molar-refractivity contribution in [2.45, 2.75) is 0 Å².